The van der Waals surface area contributed by atoms with Gasteiger partial charge in [-0.25, -0.2) is 0 Å². The molecule has 17 heavy (non-hydrogen) atoms. The van der Waals surface area contributed by atoms with Crippen molar-refractivity contribution in [1.29, 1.82) is 5.26 Å². The van der Waals surface area contributed by atoms with Gasteiger partial charge in [0.25, 0.3) is 0 Å². The summed E-state index contributed by atoms with van der Waals surface area (Å²) >= 11 is 0. The highest BCUT2D eigenvalue weighted by Gasteiger charge is 2.11. The average molecular weight is 227 g/mol. The van der Waals surface area contributed by atoms with Crippen LogP contribution in [0.15, 0.2) is 30.6 Å². The van der Waals surface area contributed by atoms with Gasteiger partial charge in [-0.05, 0) is 25.2 Å². The Morgan fingerprint density at radius 1 is 1.29 bits per heavy atom. The van der Waals surface area contributed by atoms with Crippen molar-refractivity contribution in [1.82, 2.24) is 9.30 Å². The third kappa shape index (κ3) is 2.17. The van der Waals surface area contributed by atoms with Gasteiger partial charge < -0.3 is 4.40 Å². The minimum absolute atomic E-state index is 0.803. The number of hydrogen-bond acceptors (Lipinski definition) is 2. The van der Waals surface area contributed by atoms with Crippen LogP contribution in [-0.4, -0.2) is 22.4 Å². The van der Waals surface area contributed by atoms with Gasteiger partial charge in [-0.15, -0.1) is 0 Å². The summed E-state index contributed by atoms with van der Waals surface area (Å²) in [6.07, 6.45) is 4.05. The molecule has 0 spiro atoms. The van der Waals surface area contributed by atoms with Gasteiger partial charge in [0, 0.05) is 24.5 Å². The molecule has 0 unspecified atom stereocenters. The lowest BCUT2D eigenvalue weighted by Gasteiger charge is -2.16. The summed E-state index contributed by atoms with van der Waals surface area (Å²) < 4.78 is 2.03. The molecule has 2 heterocycles. The fraction of sp³-hybridized carbons (Fsp3) is 0.357. The zero-order valence-corrected chi connectivity index (χ0v) is 10.3. The van der Waals surface area contributed by atoms with Gasteiger partial charge >= 0.3 is 0 Å². The molecule has 2 aromatic heterocycles. The van der Waals surface area contributed by atoms with Gasteiger partial charge in [-0.3, -0.25) is 4.90 Å². The fourth-order valence-corrected chi connectivity index (χ4v) is 2.11. The number of aromatic nitrogens is 1. The number of nitriles is 1. The first-order chi connectivity index (χ1) is 8.30. The zero-order valence-electron chi connectivity index (χ0n) is 10.3. The van der Waals surface area contributed by atoms with Crippen LogP contribution in [0.5, 0.6) is 0 Å². The Morgan fingerprint density at radius 3 is 2.71 bits per heavy atom. The van der Waals surface area contributed by atoms with Crippen LogP contribution in [0, 0.1) is 11.3 Å². The van der Waals surface area contributed by atoms with Crippen molar-refractivity contribution in [3.05, 3.63) is 41.7 Å². The largest absolute Gasteiger partial charge is 0.322 e. The molecule has 88 valence electrons. The third-order valence-electron chi connectivity index (χ3n) is 3.16. The smallest absolute Gasteiger partial charge is 0.102 e. The Morgan fingerprint density at radius 2 is 2.06 bits per heavy atom. The second kappa shape index (κ2) is 5.03. The van der Waals surface area contributed by atoms with E-state index in [1.165, 1.54) is 0 Å². The zero-order chi connectivity index (χ0) is 12.3. The lowest BCUT2D eigenvalue weighted by molar-refractivity contribution is 0.296. The minimum Gasteiger partial charge on any atom is -0.322 e. The maximum absolute atomic E-state index is 9.28. The summed E-state index contributed by atoms with van der Waals surface area (Å²) in [5.74, 6) is 0. The normalized spacial score (nSPS) is 10.9. The third-order valence-corrected chi connectivity index (χ3v) is 3.16. The molecule has 0 aliphatic rings. The molecule has 0 aliphatic carbocycles. The van der Waals surface area contributed by atoms with Crippen molar-refractivity contribution in [3.8, 4) is 6.07 Å². The predicted molar refractivity (Wildman–Crippen MR) is 68.7 cm³/mol. The molecule has 0 N–H and O–H groups in total. The monoisotopic (exact) mass is 227 g/mol. The molecule has 0 radical (unpaired) electrons. The van der Waals surface area contributed by atoms with Crippen LogP contribution in [0.3, 0.4) is 0 Å². The molecule has 0 aromatic carbocycles. The van der Waals surface area contributed by atoms with E-state index in [0.717, 1.165) is 36.3 Å². The van der Waals surface area contributed by atoms with Crippen LogP contribution < -0.4 is 0 Å². The van der Waals surface area contributed by atoms with Crippen molar-refractivity contribution < 1.29 is 0 Å². The number of pyridine rings is 1. The van der Waals surface area contributed by atoms with E-state index in [1.807, 2.05) is 28.8 Å². The van der Waals surface area contributed by atoms with Crippen molar-refractivity contribution in [2.45, 2.75) is 20.4 Å². The molecule has 3 nitrogen and oxygen atoms in total. The molecule has 0 saturated carbocycles. The number of rotatable bonds is 4. The van der Waals surface area contributed by atoms with Crippen molar-refractivity contribution in [3.63, 3.8) is 0 Å². The number of nitrogens with zero attached hydrogens (tertiary/aromatic N) is 3. The first-order valence-corrected chi connectivity index (χ1v) is 6.01. The SMILES string of the molecule is CCN(CC)Cc1cn2ccccc2c1C#N. The topological polar surface area (TPSA) is 31.4 Å². The van der Waals surface area contributed by atoms with E-state index in [-0.39, 0.29) is 0 Å². The summed E-state index contributed by atoms with van der Waals surface area (Å²) in [5.41, 5.74) is 2.91. The summed E-state index contributed by atoms with van der Waals surface area (Å²) in [7, 11) is 0. The lowest BCUT2D eigenvalue weighted by Crippen LogP contribution is -2.22. The van der Waals surface area contributed by atoms with E-state index in [9.17, 15) is 5.26 Å². The van der Waals surface area contributed by atoms with Crippen LogP contribution >= 0.6 is 0 Å². The molecule has 2 aromatic rings. The van der Waals surface area contributed by atoms with E-state index in [2.05, 4.69) is 31.0 Å². The van der Waals surface area contributed by atoms with Crippen LogP contribution in [-0.2, 0) is 6.54 Å². The van der Waals surface area contributed by atoms with Crippen molar-refractivity contribution in [2.24, 2.45) is 0 Å². The standard InChI is InChI=1S/C14H17N3/c1-3-16(4-2)10-12-11-17-8-6-5-7-14(17)13(12)9-15/h5-8,11H,3-4,10H2,1-2H3. The van der Waals surface area contributed by atoms with Crippen LogP contribution in [0.2, 0.25) is 0 Å². The summed E-state index contributed by atoms with van der Waals surface area (Å²) in [6, 6.07) is 8.27. The van der Waals surface area contributed by atoms with Crippen LogP contribution in [0.4, 0.5) is 0 Å². The molecule has 0 saturated heterocycles. The highest BCUT2D eigenvalue weighted by atomic mass is 15.1. The van der Waals surface area contributed by atoms with E-state index in [1.54, 1.807) is 0 Å². The molecular formula is C14H17N3. The fourth-order valence-electron chi connectivity index (χ4n) is 2.11. The Bertz CT molecular complexity index is 544. The Kier molecular flexibility index (Phi) is 3.46. The lowest BCUT2D eigenvalue weighted by atomic mass is 10.1. The van der Waals surface area contributed by atoms with E-state index in [4.69, 9.17) is 0 Å². The van der Waals surface area contributed by atoms with Gasteiger partial charge in [-0.1, -0.05) is 19.9 Å². The van der Waals surface area contributed by atoms with Gasteiger partial charge in [0.2, 0.25) is 0 Å². The molecule has 0 bridgehead atoms. The molecule has 0 aliphatic heterocycles. The van der Waals surface area contributed by atoms with Crippen LogP contribution in [0.1, 0.15) is 25.0 Å². The first kappa shape index (κ1) is 11.7. The highest BCUT2D eigenvalue weighted by molar-refractivity contribution is 5.65. The highest BCUT2D eigenvalue weighted by Crippen LogP contribution is 2.19. The molecule has 2 rings (SSSR count). The van der Waals surface area contributed by atoms with E-state index in [0.29, 0.717) is 0 Å². The second-order valence-corrected chi connectivity index (χ2v) is 4.10. The van der Waals surface area contributed by atoms with Crippen LogP contribution in [0.25, 0.3) is 5.52 Å². The Labute approximate surface area is 102 Å². The van der Waals surface area contributed by atoms with Gasteiger partial charge in [-0.2, -0.15) is 5.26 Å². The predicted octanol–water partition coefficient (Wildman–Crippen LogP) is 2.65. The van der Waals surface area contributed by atoms with Gasteiger partial charge in [0.1, 0.15) is 6.07 Å². The Hall–Kier alpha value is -1.79. The second-order valence-electron chi connectivity index (χ2n) is 4.10. The van der Waals surface area contributed by atoms with E-state index < -0.39 is 0 Å². The average Bonchev–Trinajstić information content (AvgIpc) is 2.72. The van der Waals surface area contributed by atoms with E-state index >= 15 is 0 Å². The molecular weight excluding hydrogens is 210 g/mol. The van der Waals surface area contributed by atoms with Crippen molar-refractivity contribution in [2.75, 3.05) is 13.1 Å². The summed E-state index contributed by atoms with van der Waals surface area (Å²) in [5, 5.41) is 9.28. The maximum atomic E-state index is 9.28. The molecule has 0 atom stereocenters. The number of hydrogen-bond donors (Lipinski definition) is 0. The van der Waals surface area contributed by atoms with Gasteiger partial charge in [0.15, 0.2) is 0 Å². The van der Waals surface area contributed by atoms with Gasteiger partial charge in [0.05, 0.1) is 11.1 Å². The minimum atomic E-state index is 0.803. The summed E-state index contributed by atoms with van der Waals surface area (Å²) in [4.78, 5) is 2.32. The Balaban J connectivity index is 2.44. The molecule has 0 amide bonds. The first-order valence-electron chi connectivity index (χ1n) is 6.01. The maximum Gasteiger partial charge on any atom is 0.102 e. The quantitative estimate of drug-likeness (QED) is 0.804. The summed E-state index contributed by atoms with van der Waals surface area (Å²) in [6.45, 7) is 7.15. The molecule has 0 fully saturated rings. The number of fused-ring (bicyclic) bond motifs is 1. The van der Waals surface area contributed by atoms with Crippen molar-refractivity contribution >= 4 is 5.52 Å². The molecule has 3 heteroatoms.